The number of anilines is 1. The Hall–Kier alpha value is -1.97. The van der Waals surface area contributed by atoms with Crippen LogP contribution in [0.3, 0.4) is 0 Å². The molecule has 1 aromatic heterocycles. The van der Waals surface area contributed by atoms with Crippen molar-refractivity contribution in [3.63, 3.8) is 0 Å². The van der Waals surface area contributed by atoms with Crippen LogP contribution < -0.4 is 10.5 Å². The summed E-state index contributed by atoms with van der Waals surface area (Å²) in [6.45, 7) is 5.58. The first-order chi connectivity index (χ1) is 9.24. The fourth-order valence-electron chi connectivity index (χ4n) is 2.02. The van der Waals surface area contributed by atoms with Crippen molar-refractivity contribution in [2.75, 3.05) is 12.3 Å². The van der Waals surface area contributed by atoms with E-state index in [4.69, 9.17) is 10.5 Å². The highest BCUT2D eigenvalue weighted by Crippen LogP contribution is 2.19. The van der Waals surface area contributed by atoms with Gasteiger partial charge >= 0.3 is 0 Å². The van der Waals surface area contributed by atoms with E-state index in [1.807, 2.05) is 28.9 Å². The van der Waals surface area contributed by atoms with Crippen molar-refractivity contribution in [2.45, 2.75) is 33.2 Å². The normalized spacial score (nSPS) is 10.6. The predicted molar refractivity (Wildman–Crippen MR) is 77.3 cm³/mol. The van der Waals surface area contributed by atoms with Gasteiger partial charge in [0, 0.05) is 5.69 Å². The largest absolute Gasteiger partial charge is 0.490 e. The monoisotopic (exact) mass is 259 g/mol. The maximum atomic E-state index is 5.83. The van der Waals surface area contributed by atoms with Crippen LogP contribution in [-0.2, 0) is 19.4 Å². The quantitative estimate of drug-likeness (QED) is 0.811. The van der Waals surface area contributed by atoms with Crippen molar-refractivity contribution in [1.82, 2.24) is 9.78 Å². The highest BCUT2D eigenvalue weighted by atomic mass is 16.5. The van der Waals surface area contributed by atoms with Gasteiger partial charge in [-0.3, -0.25) is 4.68 Å². The van der Waals surface area contributed by atoms with Crippen LogP contribution in [0, 0.1) is 0 Å². The van der Waals surface area contributed by atoms with E-state index in [2.05, 4.69) is 25.0 Å². The molecular weight excluding hydrogens is 238 g/mol. The van der Waals surface area contributed by atoms with Gasteiger partial charge in [-0.05, 0) is 31.0 Å². The Balaban J connectivity index is 1.96. The Morgan fingerprint density at radius 3 is 2.68 bits per heavy atom. The number of nitrogen functional groups attached to an aromatic ring is 1. The number of benzene rings is 1. The number of ether oxygens (including phenoxy) is 1. The van der Waals surface area contributed by atoms with E-state index >= 15 is 0 Å². The molecule has 4 nitrogen and oxygen atoms in total. The van der Waals surface area contributed by atoms with E-state index in [1.54, 1.807) is 0 Å². The lowest BCUT2D eigenvalue weighted by Gasteiger charge is -2.10. The molecule has 0 spiro atoms. The molecule has 0 bridgehead atoms. The van der Waals surface area contributed by atoms with Gasteiger partial charge in [-0.25, -0.2) is 0 Å². The minimum Gasteiger partial charge on any atom is -0.490 e. The van der Waals surface area contributed by atoms with Gasteiger partial charge in [-0.2, -0.15) is 5.10 Å². The third-order valence-corrected chi connectivity index (χ3v) is 3.12. The second-order valence-electron chi connectivity index (χ2n) is 4.44. The number of aryl methyl sites for hydroxylation is 2. The molecule has 0 aliphatic rings. The molecule has 2 N–H and O–H groups in total. The van der Waals surface area contributed by atoms with E-state index in [0.717, 1.165) is 30.8 Å². The summed E-state index contributed by atoms with van der Waals surface area (Å²) in [5.74, 6) is 0.739. The van der Waals surface area contributed by atoms with Crippen molar-refractivity contribution < 1.29 is 4.74 Å². The molecule has 0 atom stereocenters. The molecule has 0 saturated carbocycles. The van der Waals surface area contributed by atoms with Crippen molar-refractivity contribution in [2.24, 2.45) is 0 Å². The SMILES string of the molecule is CCc1cc(CC)n(CCOc2ccccc2N)n1. The van der Waals surface area contributed by atoms with Gasteiger partial charge in [-0.1, -0.05) is 26.0 Å². The first-order valence-corrected chi connectivity index (χ1v) is 6.77. The summed E-state index contributed by atoms with van der Waals surface area (Å²) in [5, 5.41) is 4.56. The van der Waals surface area contributed by atoms with E-state index in [0.29, 0.717) is 12.3 Å². The zero-order valence-electron chi connectivity index (χ0n) is 11.6. The Labute approximate surface area is 114 Å². The summed E-state index contributed by atoms with van der Waals surface area (Å²) in [7, 11) is 0. The van der Waals surface area contributed by atoms with Gasteiger partial charge in [0.25, 0.3) is 0 Å². The maximum Gasteiger partial charge on any atom is 0.142 e. The molecule has 1 aromatic carbocycles. The van der Waals surface area contributed by atoms with Crippen LogP contribution in [0.25, 0.3) is 0 Å². The Morgan fingerprint density at radius 2 is 2.00 bits per heavy atom. The second kappa shape index (κ2) is 6.27. The van der Waals surface area contributed by atoms with E-state index in [-0.39, 0.29) is 0 Å². The Kier molecular flexibility index (Phi) is 4.44. The highest BCUT2D eigenvalue weighted by Gasteiger charge is 2.05. The van der Waals surface area contributed by atoms with Crippen LogP contribution in [0.2, 0.25) is 0 Å². The molecule has 2 rings (SSSR count). The summed E-state index contributed by atoms with van der Waals surface area (Å²) in [6.07, 6.45) is 1.95. The van der Waals surface area contributed by atoms with E-state index in [9.17, 15) is 0 Å². The van der Waals surface area contributed by atoms with Gasteiger partial charge in [0.05, 0.1) is 17.9 Å². The van der Waals surface area contributed by atoms with Crippen LogP contribution in [0.4, 0.5) is 5.69 Å². The number of rotatable bonds is 6. The van der Waals surface area contributed by atoms with Gasteiger partial charge in [-0.15, -0.1) is 0 Å². The van der Waals surface area contributed by atoms with E-state index in [1.165, 1.54) is 5.69 Å². The van der Waals surface area contributed by atoms with Crippen LogP contribution in [0.5, 0.6) is 5.75 Å². The third kappa shape index (κ3) is 3.28. The summed E-state index contributed by atoms with van der Waals surface area (Å²) in [5.41, 5.74) is 8.89. The molecule has 102 valence electrons. The van der Waals surface area contributed by atoms with Crippen molar-refractivity contribution in [3.8, 4) is 5.75 Å². The van der Waals surface area contributed by atoms with Crippen molar-refractivity contribution in [3.05, 3.63) is 41.7 Å². The smallest absolute Gasteiger partial charge is 0.142 e. The average molecular weight is 259 g/mol. The number of hydrogen-bond acceptors (Lipinski definition) is 3. The zero-order valence-corrected chi connectivity index (χ0v) is 11.6. The Morgan fingerprint density at radius 1 is 1.21 bits per heavy atom. The Bertz CT molecular complexity index is 534. The van der Waals surface area contributed by atoms with Gasteiger partial charge < -0.3 is 10.5 Å². The molecule has 0 aliphatic heterocycles. The molecular formula is C15H21N3O. The standard InChI is InChI=1S/C15H21N3O/c1-3-12-11-13(4-2)18(17-12)9-10-19-15-8-6-5-7-14(15)16/h5-8,11H,3-4,9-10,16H2,1-2H3. The molecule has 0 unspecified atom stereocenters. The summed E-state index contributed by atoms with van der Waals surface area (Å²) < 4.78 is 7.72. The highest BCUT2D eigenvalue weighted by molar-refractivity contribution is 5.51. The van der Waals surface area contributed by atoms with Crippen LogP contribution in [-0.4, -0.2) is 16.4 Å². The van der Waals surface area contributed by atoms with E-state index < -0.39 is 0 Å². The van der Waals surface area contributed by atoms with Crippen molar-refractivity contribution in [1.29, 1.82) is 0 Å². The lowest BCUT2D eigenvalue weighted by atomic mass is 10.3. The number of para-hydroxylation sites is 2. The molecule has 0 aliphatic carbocycles. The molecule has 1 heterocycles. The fourth-order valence-corrected chi connectivity index (χ4v) is 2.02. The number of aromatic nitrogens is 2. The topological polar surface area (TPSA) is 53.1 Å². The number of nitrogens with zero attached hydrogens (tertiary/aromatic N) is 2. The molecule has 0 fully saturated rings. The number of nitrogens with two attached hydrogens (primary N) is 1. The molecule has 4 heteroatoms. The first-order valence-electron chi connectivity index (χ1n) is 6.77. The molecule has 0 radical (unpaired) electrons. The summed E-state index contributed by atoms with van der Waals surface area (Å²) in [4.78, 5) is 0. The predicted octanol–water partition coefficient (Wildman–Crippen LogP) is 2.67. The van der Waals surface area contributed by atoms with Crippen LogP contribution in [0.15, 0.2) is 30.3 Å². The third-order valence-electron chi connectivity index (χ3n) is 3.12. The molecule has 0 amide bonds. The number of hydrogen-bond donors (Lipinski definition) is 1. The lowest BCUT2D eigenvalue weighted by molar-refractivity contribution is 0.290. The molecule has 0 saturated heterocycles. The molecule has 2 aromatic rings. The van der Waals surface area contributed by atoms with Gasteiger partial charge in [0.1, 0.15) is 12.4 Å². The van der Waals surface area contributed by atoms with Gasteiger partial charge in [0.15, 0.2) is 0 Å². The molecule has 19 heavy (non-hydrogen) atoms. The van der Waals surface area contributed by atoms with Crippen LogP contribution in [0.1, 0.15) is 25.2 Å². The van der Waals surface area contributed by atoms with Crippen LogP contribution >= 0.6 is 0 Å². The maximum absolute atomic E-state index is 5.83. The first kappa shape index (κ1) is 13.5. The van der Waals surface area contributed by atoms with Gasteiger partial charge in [0.2, 0.25) is 0 Å². The minimum atomic E-state index is 0.575. The lowest BCUT2D eigenvalue weighted by Crippen LogP contribution is -2.12. The summed E-state index contributed by atoms with van der Waals surface area (Å²) in [6, 6.07) is 9.72. The minimum absolute atomic E-state index is 0.575. The fraction of sp³-hybridized carbons (Fsp3) is 0.400. The van der Waals surface area contributed by atoms with Crippen molar-refractivity contribution >= 4 is 5.69 Å². The average Bonchev–Trinajstić information content (AvgIpc) is 2.83. The zero-order chi connectivity index (χ0) is 13.7. The summed E-state index contributed by atoms with van der Waals surface area (Å²) >= 11 is 0. The second-order valence-corrected chi connectivity index (χ2v) is 4.44.